The Morgan fingerprint density at radius 3 is 2.45 bits per heavy atom. The van der Waals surface area contributed by atoms with Gasteiger partial charge in [0.15, 0.2) is 0 Å². The van der Waals surface area contributed by atoms with Crippen molar-refractivity contribution in [3.63, 3.8) is 0 Å². The average Bonchev–Trinajstić information content (AvgIpc) is 2.78. The lowest BCUT2D eigenvalue weighted by molar-refractivity contribution is 0.0368. The van der Waals surface area contributed by atoms with Crippen molar-refractivity contribution in [3.05, 3.63) is 23.0 Å². The number of hydrogen-bond acceptors (Lipinski definition) is 3. The van der Waals surface area contributed by atoms with Crippen LogP contribution in [0.5, 0.6) is 0 Å². The number of aromatic nitrogens is 1. The highest BCUT2D eigenvalue weighted by molar-refractivity contribution is 5.89. The van der Waals surface area contributed by atoms with E-state index in [4.69, 9.17) is 4.74 Å². The molecule has 0 atom stereocenters. The van der Waals surface area contributed by atoms with Crippen LogP contribution in [-0.2, 0) is 16.7 Å². The van der Waals surface area contributed by atoms with Crippen LogP contribution in [-0.4, -0.2) is 53.4 Å². The van der Waals surface area contributed by atoms with Gasteiger partial charge in [-0.05, 0) is 19.4 Å². The minimum absolute atomic E-state index is 0.0581. The van der Waals surface area contributed by atoms with Crippen molar-refractivity contribution in [2.75, 3.05) is 32.8 Å². The number of morpholine rings is 1. The van der Waals surface area contributed by atoms with Gasteiger partial charge in [0.2, 0.25) is 0 Å². The van der Waals surface area contributed by atoms with Gasteiger partial charge in [-0.3, -0.25) is 4.90 Å². The van der Waals surface area contributed by atoms with Crippen molar-refractivity contribution in [3.8, 4) is 0 Å². The van der Waals surface area contributed by atoms with Crippen molar-refractivity contribution >= 4 is 5.97 Å². The summed E-state index contributed by atoms with van der Waals surface area (Å²) < 4.78 is 7.55. The van der Waals surface area contributed by atoms with Gasteiger partial charge >= 0.3 is 5.97 Å². The fraction of sp³-hybridized carbons (Fsp3) is 0.706. The molecule has 1 N–H and O–H groups in total. The molecule has 1 aliphatic rings. The third-order valence-corrected chi connectivity index (χ3v) is 4.33. The van der Waals surface area contributed by atoms with E-state index in [2.05, 4.69) is 30.2 Å². The number of aromatic carboxylic acids is 1. The van der Waals surface area contributed by atoms with Gasteiger partial charge in [-0.25, -0.2) is 4.79 Å². The first kappa shape index (κ1) is 17.0. The lowest BCUT2D eigenvalue weighted by Gasteiger charge is -2.27. The molecular weight excluding hydrogens is 280 g/mol. The Bertz CT molecular complexity index is 523. The van der Waals surface area contributed by atoms with Gasteiger partial charge < -0.3 is 14.4 Å². The molecule has 0 aromatic carbocycles. The molecule has 1 fully saturated rings. The van der Waals surface area contributed by atoms with Gasteiger partial charge in [0, 0.05) is 43.0 Å². The number of rotatable bonds is 5. The van der Waals surface area contributed by atoms with E-state index in [1.165, 1.54) is 0 Å². The maximum absolute atomic E-state index is 11.4. The smallest absolute Gasteiger partial charge is 0.337 e. The highest BCUT2D eigenvalue weighted by atomic mass is 16.5. The second kappa shape index (κ2) is 6.84. The molecule has 0 bridgehead atoms. The van der Waals surface area contributed by atoms with Gasteiger partial charge in [-0.15, -0.1) is 0 Å². The van der Waals surface area contributed by atoms with Gasteiger partial charge in [-0.2, -0.15) is 0 Å². The fourth-order valence-corrected chi connectivity index (χ4v) is 3.05. The molecule has 124 valence electrons. The quantitative estimate of drug-likeness (QED) is 0.908. The molecule has 0 spiro atoms. The van der Waals surface area contributed by atoms with Crippen LogP contribution in [0.2, 0.25) is 0 Å². The Kier molecular flexibility index (Phi) is 5.29. The Hall–Kier alpha value is -1.33. The predicted octanol–water partition coefficient (Wildman–Crippen LogP) is 2.51. The van der Waals surface area contributed by atoms with Crippen LogP contribution in [0.15, 0.2) is 6.07 Å². The Morgan fingerprint density at radius 2 is 1.91 bits per heavy atom. The standard InChI is InChI=1S/C17H28N2O3/c1-13-14(16(20)21)12-15(17(2,3)4)19(13)7-5-6-18-8-10-22-11-9-18/h12H,5-11H2,1-4H3,(H,20,21). The second-order valence-electron chi connectivity index (χ2n) is 7.04. The van der Waals surface area contributed by atoms with Crippen molar-refractivity contribution in [2.24, 2.45) is 0 Å². The fourth-order valence-electron chi connectivity index (χ4n) is 3.05. The summed E-state index contributed by atoms with van der Waals surface area (Å²) in [6.07, 6.45) is 1.03. The summed E-state index contributed by atoms with van der Waals surface area (Å²) in [4.78, 5) is 13.8. The number of hydrogen-bond donors (Lipinski definition) is 1. The Labute approximate surface area is 132 Å². The molecule has 22 heavy (non-hydrogen) atoms. The first-order chi connectivity index (χ1) is 10.3. The molecule has 0 radical (unpaired) electrons. The zero-order valence-electron chi connectivity index (χ0n) is 14.2. The lowest BCUT2D eigenvalue weighted by Crippen LogP contribution is -2.37. The topological polar surface area (TPSA) is 54.7 Å². The van der Waals surface area contributed by atoms with Crippen LogP contribution < -0.4 is 0 Å². The molecule has 5 heteroatoms. The van der Waals surface area contributed by atoms with E-state index in [1.807, 2.05) is 13.0 Å². The Morgan fingerprint density at radius 1 is 1.27 bits per heavy atom. The molecule has 1 aromatic rings. The molecule has 2 rings (SSSR count). The molecule has 0 saturated carbocycles. The third-order valence-electron chi connectivity index (χ3n) is 4.33. The number of carboxylic acids is 1. The van der Waals surface area contributed by atoms with E-state index in [9.17, 15) is 9.90 Å². The van der Waals surface area contributed by atoms with E-state index in [1.54, 1.807) is 0 Å². The van der Waals surface area contributed by atoms with Gasteiger partial charge in [-0.1, -0.05) is 20.8 Å². The lowest BCUT2D eigenvalue weighted by atomic mass is 9.92. The molecule has 1 aliphatic heterocycles. The van der Waals surface area contributed by atoms with Crippen molar-refractivity contribution in [1.29, 1.82) is 0 Å². The molecule has 0 unspecified atom stereocenters. The Balaban J connectivity index is 2.09. The summed E-state index contributed by atoms with van der Waals surface area (Å²) in [6.45, 7) is 13.8. The molecule has 1 saturated heterocycles. The van der Waals surface area contributed by atoms with E-state index in [0.717, 1.165) is 57.2 Å². The summed E-state index contributed by atoms with van der Waals surface area (Å²) in [5, 5.41) is 9.36. The second-order valence-corrected chi connectivity index (χ2v) is 7.04. The number of nitrogens with zero attached hydrogens (tertiary/aromatic N) is 2. The van der Waals surface area contributed by atoms with Gasteiger partial charge in [0.1, 0.15) is 0 Å². The maximum Gasteiger partial charge on any atom is 0.337 e. The van der Waals surface area contributed by atoms with E-state index in [0.29, 0.717) is 5.56 Å². The first-order valence-electron chi connectivity index (χ1n) is 8.04. The summed E-state index contributed by atoms with van der Waals surface area (Å²) in [7, 11) is 0. The monoisotopic (exact) mass is 308 g/mol. The largest absolute Gasteiger partial charge is 0.478 e. The number of ether oxygens (including phenoxy) is 1. The minimum Gasteiger partial charge on any atom is -0.478 e. The summed E-state index contributed by atoms with van der Waals surface area (Å²) in [5.74, 6) is -0.838. The van der Waals surface area contributed by atoms with Crippen LogP contribution in [0, 0.1) is 6.92 Å². The molecule has 2 heterocycles. The number of carboxylic acid groups (broad SMARTS) is 1. The highest BCUT2D eigenvalue weighted by Gasteiger charge is 2.24. The van der Waals surface area contributed by atoms with Crippen LogP contribution in [0.1, 0.15) is 48.9 Å². The molecule has 0 amide bonds. The third kappa shape index (κ3) is 3.90. The molecular formula is C17H28N2O3. The van der Waals surface area contributed by atoms with Crippen molar-refractivity contribution in [1.82, 2.24) is 9.47 Å². The first-order valence-corrected chi connectivity index (χ1v) is 8.04. The van der Waals surface area contributed by atoms with Gasteiger partial charge in [0.25, 0.3) is 0 Å². The molecule has 1 aromatic heterocycles. The highest BCUT2D eigenvalue weighted by Crippen LogP contribution is 2.28. The van der Waals surface area contributed by atoms with Crippen molar-refractivity contribution in [2.45, 2.75) is 46.1 Å². The SMILES string of the molecule is Cc1c(C(=O)O)cc(C(C)(C)C)n1CCCN1CCOCC1. The summed E-state index contributed by atoms with van der Waals surface area (Å²) in [5.41, 5.74) is 2.33. The van der Waals surface area contributed by atoms with Gasteiger partial charge in [0.05, 0.1) is 18.8 Å². The van der Waals surface area contributed by atoms with Crippen LogP contribution in [0.4, 0.5) is 0 Å². The predicted molar refractivity (Wildman–Crippen MR) is 86.7 cm³/mol. The zero-order valence-corrected chi connectivity index (χ0v) is 14.2. The van der Waals surface area contributed by atoms with Crippen LogP contribution >= 0.6 is 0 Å². The number of carbonyl (C=O) groups is 1. The molecule has 5 nitrogen and oxygen atoms in total. The van der Waals surface area contributed by atoms with E-state index >= 15 is 0 Å². The minimum atomic E-state index is -0.838. The zero-order chi connectivity index (χ0) is 16.3. The van der Waals surface area contributed by atoms with Crippen LogP contribution in [0.3, 0.4) is 0 Å². The van der Waals surface area contributed by atoms with E-state index < -0.39 is 5.97 Å². The maximum atomic E-state index is 11.4. The summed E-state index contributed by atoms with van der Waals surface area (Å²) >= 11 is 0. The van der Waals surface area contributed by atoms with E-state index in [-0.39, 0.29) is 5.41 Å². The summed E-state index contributed by atoms with van der Waals surface area (Å²) in [6, 6.07) is 1.84. The average molecular weight is 308 g/mol. The van der Waals surface area contributed by atoms with Crippen LogP contribution in [0.25, 0.3) is 0 Å². The normalized spacial score (nSPS) is 16.9. The molecule has 0 aliphatic carbocycles. The van der Waals surface area contributed by atoms with Crippen molar-refractivity contribution < 1.29 is 14.6 Å².